The van der Waals surface area contributed by atoms with Crippen molar-refractivity contribution in [2.45, 2.75) is 58.7 Å². The van der Waals surface area contributed by atoms with Gasteiger partial charge in [-0.15, -0.1) is 0 Å². The first-order valence-electron chi connectivity index (χ1n) is 8.07. The van der Waals surface area contributed by atoms with Crippen molar-refractivity contribution in [3.63, 3.8) is 0 Å². The van der Waals surface area contributed by atoms with Gasteiger partial charge in [-0.1, -0.05) is 18.1 Å². The number of esters is 1. The number of ether oxygens (including phenoxy) is 1. The van der Waals surface area contributed by atoms with Crippen molar-refractivity contribution in [1.82, 2.24) is 5.32 Å². The van der Waals surface area contributed by atoms with E-state index in [9.17, 15) is 9.90 Å². The molecule has 2 rings (SSSR count). The fraction of sp³-hybridized carbons (Fsp3) is 0.824. The van der Waals surface area contributed by atoms with E-state index in [2.05, 4.69) is 19.2 Å². The van der Waals surface area contributed by atoms with E-state index in [-0.39, 0.29) is 29.8 Å². The highest BCUT2D eigenvalue weighted by Crippen LogP contribution is 2.46. The molecule has 0 amide bonds. The third-order valence-corrected chi connectivity index (χ3v) is 5.16. The van der Waals surface area contributed by atoms with Crippen molar-refractivity contribution in [2.75, 3.05) is 13.6 Å². The van der Waals surface area contributed by atoms with Crippen LogP contribution in [0.5, 0.6) is 0 Å². The van der Waals surface area contributed by atoms with E-state index >= 15 is 0 Å². The number of hydrogen-bond acceptors (Lipinski definition) is 4. The monoisotopic (exact) mass is 295 g/mol. The minimum absolute atomic E-state index is 0.0890. The van der Waals surface area contributed by atoms with Crippen LogP contribution in [0.4, 0.5) is 0 Å². The topological polar surface area (TPSA) is 58.6 Å². The average Bonchev–Trinajstić information content (AvgIpc) is 2.59. The van der Waals surface area contributed by atoms with Crippen LogP contribution < -0.4 is 5.32 Å². The lowest BCUT2D eigenvalue weighted by atomic mass is 9.73. The summed E-state index contributed by atoms with van der Waals surface area (Å²) in [6.45, 7) is 8.61. The second-order valence-corrected chi connectivity index (χ2v) is 7.06. The molecule has 1 saturated heterocycles. The molecule has 120 valence electrons. The predicted octanol–water partition coefficient (Wildman–Crippen LogP) is 2.27. The van der Waals surface area contributed by atoms with Crippen LogP contribution in [-0.4, -0.2) is 36.4 Å². The molecule has 2 aliphatic rings. The summed E-state index contributed by atoms with van der Waals surface area (Å²) in [6, 6.07) is 0. The van der Waals surface area contributed by atoms with Crippen LogP contribution in [0, 0.1) is 17.8 Å². The Balaban J connectivity index is 2.41. The first-order chi connectivity index (χ1) is 9.81. The van der Waals surface area contributed by atoms with E-state index in [1.807, 2.05) is 20.9 Å². The molecule has 1 aliphatic carbocycles. The molecule has 2 N–H and O–H groups in total. The number of aliphatic hydroxyl groups is 1. The number of carbonyl (C=O) groups excluding carboxylic acids is 1. The Kier molecular flexibility index (Phi) is 4.79. The summed E-state index contributed by atoms with van der Waals surface area (Å²) in [7, 11) is 1.87. The largest absolute Gasteiger partial charge is 0.461 e. The van der Waals surface area contributed by atoms with Crippen LogP contribution in [0.3, 0.4) is 0 Å². The molecule has 0 aromatic heterocycles. The molecule has 0 saturated carbocycles. The molecule has 0 spiro atoms. The highest BCUT2D eigenvalue weighted by molar-refractivity contribution is 5.75. The molecule has 4 nitrogen and oxygen atoms in total. The van der Waals surface area contributed by atoms with Crippen molar-refractivity contribution < 1.29 is 14.6 Å². The van der Waals surface area contributed by atoms with E-state index in [1.54, 1.807) is 0 Å². The lowest BCUT2D eigenvalue weighted by Crippen LogP contribution is -2.43. The molecule has 4 unspecified atom stereocenters. The maximum absolute atomic E-state index is 12.2. The van der Waals surface area contributed by atoms with E-state index < -0.39 is 5.60 Å². The summed E-state index contributed by atoms with van der Waals surface area (Å²) >= 11 is 0. The maximum Gasteiger partial charge on any atom is 0.310 e. The van der Waals surface area contributed by atoms with Crippen LogP contribution in [0.2, 0.25) is 0 Å². The van der Waals surface area contributed by atoms with Crippen LogP contribution in [-0.2, 0) is 9.53 Å². The van der Waals surface area contributed by atoms with Crippen molar-refractivity contribution >= 4 is 5.97 Å². The minimum Gasteiger partial charge on any atom is -0.461 e. The second kappa shape index (κ2) is 6.09. The molecular weight excluding hydrogens is 266 g/mol. The third-order valence-electron chi connectivity index (χ3n) is 5.16. The van der Waals surface area contributed by atoms with Gasteiger partial charge in [0.25, 0.3) is 0 Å². The van der Waals surface area contributed by atoms with Crippen molar-refractivity contribution in [1.29, 1.82) is 0 Å². The molecule has 1 aliphatic heterocycles. The van der Waals surface area contributed by atoms with Gasteiger partial charge >= 0.3 is 5.97 Å². The van der Waals surface area contributed by atoms with Gasteiger partial charge in [0, 0.05) is 18.4 Å². The fourth-order valence-corrected chi connectivity index (χ4v) is 4.21. The molecule has 0 aromatic rings. The van der Waals surface area contributed by atoms with Crippen LogP contribution in [0.15, 0.2) is 11.1 Å². The molecule has 21 heavy (non-hydrogen) atoms. The van der Waals surface area contributed by atoms with E-state index in [0.717, 1.165) is 19.3 Å². The Morgan fingerprint density at radius 2 is 2.10 bits per heavy atom. The molecular formula is C17H29NO3. The van der Waals surface area contributed by atoms with Crippen LogP contribution >= 0.6 is 0 Å². The maximum atomic E-state index is 12.2. The van der Waals surface area contributed by atoms with Gasteiger partial charge in [-0.2, -0.15) is 0 Å². The van der Waals surface area contributed by atoms with Gasteiger partial charge in [0.05, 0.1) is 11.5 Å². The molecule has 4 atom stereocenters. The number of carbonyl (C=O) groups is 1. The SMILES string of the molecule is CCC1=C(C)CCC2C(CNC)C(=O)OC2C1C(C)(C)O. The van der Waals surface area contributed by atoms with Crippen molar-refractivity contribution in [2.24, 2.45) is 17.8 Å². The molecule has 4 heteroatoms. The van der Waals surface area contributed by atoms with E-state index in [1.165, 1.54) is 11.1 Å². The normalized spacial score (nSPS) is 33.7. The van der Waals surface area contributed by atoms with E-state index in [4.69, 9.17) is 4.74 Å². The van der Waals surface area contributed by atoms with Gasteiger partial charge in [0.1, 0.15) is 6.10 Å². The molecule has 0 bridgehead atoms. The Hall–Kier alpha value is -0.870. The third kappa shape index (κ3) is 3.02. The summed E-state index contributed by atoms with van der Waals surface area (Å²) < 4.78 is 5.76. The summed E-state index contributed by atoms with van der Waals surface area (Å²) in [6.07, 6.45) is 2.67. The Bertz CT molecular complexity index is 436. The quantitative estimate of drug-likeness (QED) is 0.617. The minimum atomic E-state index is -0.880. The van der Waals surface area contributed by atoms with Gasteiger partial charge in [-0.05, 0) is 47.1 Å². The number of hydrogen-bond donors (Lipinski definition) is 2. The first-order valence-corrected chi connectivity index (χ1v) is 8.07. The number of rotatable bonds is 4. The molecule has 1 heterocycles. The summed E-state index contributed by atoms with van der Waals surface area (Å²) in [5.41, 5.74) is 1.75. The zero-order chi connectivity index (χ0) is 15.8. The molecule has 0 aromatic carbocycles. The Morgan fingerprint density at radius 3 is 2.62 bits per heavy atom. The predicted molar refractivity (Wildman–Crippen MR) is 82.8 cm³/mol. The molecule has 1 fully saturated rings. The summed E-state index contributed by atoms with van der Waals surface area (Å²) in [4.78, 5) is 12.2. The lowest BCUT2D eigenvalue weighted by Gasteiger charge is -2.36. The first kappa shape index (κ1) is 16.5. The van der Waals surface area contributed by atoms with Crippen LogP contribution in [0.25, 0.3) is 0 Å². The van der Waals surface area contributed by atoms with Gasteiger partial charge in [0.2, 0.25) is 0 Å². The number of allylic oxidation sites excluding steroid dienone is 1. The van der Waals surface area contributed by atoms with Crippen LogP contribution in [0.1, 0.15) is 47.0 Å². The van der Waals surface area contributed by atoms with Gasteiger partial charge in [-0.3, -0.25) is 4.79 Å². The number of nitrogens with one attached hydrogen (secondary N) is 1. The summed E-state index contributed by atoms with van der Waals surface area (Å²) in [5.74, 6) is -0.0985. The van der Waals surface area contributed by atoms with Crippen molar-refractivity contribution in [3.05, 3.63) is 11.1 Å². The molecule has 0 radical (unpaired) electrons. The highest BCUT2D eigenvalue weighted by Gasteiger charge is 2.52. The number of fused-ring (bicyclic) bond motifs is 1. The lowest BCUT2D eigenvalue weighted by molar-refractivity contribution is -0.148. The van der Waals surface area contributed by atoms with Gasteiger partial charge in [-0.25, -0.2) is 0 Å². The van der Waals surface area contributed by atoms with Gasteiger partial charge in [0.15, 0.2) is 0 Å². The summed E-state index contributed by atoms with van der Waals surface area (Å²) in [5, 5.41) is 13.8. The standard InChI is InChI=1S/C17H29NO3/c1-6-11-10(2)7-8-12-13(9-18-5)16(19)21-15(12)14(11)17(3,4)20/h12-15,18,20H,6-9H2,1-5H3. The smallest absolute Gasteiger partial charge is 0.310 e. The van der Waals surface area contributed by atoms with E-state index in [0.29, 0.717) is 6.54 Å². The Morgan fingerprint density at radius 1 is 1.43 bits per heavy atom. The zero-order valence-electron chi connectivity index (χ0n) is 13.9. The highest BCUT2D eigenvalue weighted by atomic mass is 16.6. The van der Waals surface area contributed by atoms with Crippen molar-refractivity contribution in [3.8, 4) is 0 Å². The Labute approximate surface area is 127 Å². The fourth-order valence-electron chi connectivity index (χ4n) is 4.21. The second-order valence-electron chi connectivity index (χ2n) is 7.06. The van der Waals surface area contributed by atoms with Gasteiger partial charge < -0.3 is 15.2 Å². The zero-order valence-corrected chi connectivity index (χ0v) is 13.9. The average molecular weight is 295 g/mol.